The highest BCUT2D eigenvalue weighted by Crippen LogP contribution is 2.26. The number of ether oxygens (including phenoxy) is 3. The molecule has 0 spiro atoms. The van der Waals surface area contributed by atoms with Crippen LogP contribution in [0.15, 0.2) is 0 Å². The Kier molecular flexibility index (Phi) is 5.53. The predicted octanol–water partition coefficient (Wildman–Crippen LogP) is 0.933. The van der Waals surface area contributed by atoms with Crippen LogP contribution < -0.4 is 5.73 Å². The molecule has 0 heterocycles. The lowest BCUT2D eigenvalue weighted by atomic mass is 9.86. The Labute approximate surface area is 92.1 Å². The maximum atomic E-state index is 5.87. The van der Waals surface area contributed by atoms with Gasteiger partial charge in [0, 0.05) is 19.8 Å². The SMILES string of the molecule is CCCOC1C(N)CC1OC(C)COC. The second-order valence-electron chi connectivity index (χ2n) is 4.18. The number of methoxy groups -OCH3 is 1. The Morgan fingerprint density at radius 2 is 2.20 bits per heavy atom. The first-order valence-electron chi connectivity index (χ1n) is 5.70. The van der Waals surface area contributed by atoms with Crippen LogP contribution in [0.1, 0.15) is 26.7 Å². The van der Waals surface area contributed by atoms with Crippen molar-refractivity contribution < 1.29 is 14.2 Å². The van der Waals surface area contributed by atoms with Crippen LogP contribution in [0, 0.1) is 0 Å². The third kappa shape index (κ3) is 3.72. The molecule has 90 valence electrons. The van der Waals surface area contributed by atoms with Gasteiger partial charge in [-0.05, 0) is 19.8 Å². The minimum Gasteiger partial charge on any atom is -0.382 e. The van der Waals surface area contributed by atoms with E-state index in [-0.39, 0.29) is 24.4 Å². The normalized spacial score (nSPS) is 32.4. The summed E-state index contributed by atoms with van der Waals surface area (Å²) >= 11 is 0. The van der Waals surface area contributed by atoms with E-state index in [0.717, 1.165) is 19.4 Å². The van der Waals surface area contributed by atoms with Crippen molar-refractivity contribution in [3.05, 3.63) is 0 Å². The fraction of sp³-hybridized carbons (Fsp3) is 1.00. The Hall–Kier alpha value is -0.160. The second kappa shape index (κ2) is 6.43. The van der Waals surface area contributed by atoms with E-state index >= 15 is 0 Å². The first kappa shape index (κ1) is 12.9. The molecule has 0 bridgehead atoms. The summed E-state index contributed by atoms with van der Waals surface area (Å²) in [5.74, 6) is 0. The molecule has 1 aliphatic rings. The van der Waals surface area contributed by atoms with Crippen molar-refractivity contribution >= 4 is 0 Å². The Morgan fingerprint density at radius 3 is 2.73 bits per heavy atom. The van der Waals surface area contributed by atoms with Gasteiger partial charge in [0.15, 0.2) is 0 Å². The minimum absolute atomic E-state index is 0.0734. The van der Waals surface area contributed by atoms with Crippen molar-refractivity contribution in [2.45, 2.75) is 51.0 Å². The van der Waals surface area contributed by atoms with Gasteiger partial charge in [-0.2, -0.15) is 0 Å². The summed E-state index contributed by atoms with van der Waals surface area (Å²) in [6.07, 6.45) is 2.24. The molecular weight excluding hydrogens is 194 g/mol. The predicted molar refractivity (Wildman–Crippen MR) is 58.8 cm³/mol. The van der Waals surface area contributed by atoms with E-state index in [1.165, 1.54) is 0 Å². The molecule has 0 aromatic carbocycles. The second-order valence-corrected chi connectivity index (χ2v) is 4.18. The first-order chi connectivity index (χ1) is 7.19. The Morgan fingerprint density at radius 1 is 1.47 bits per heavy atom. The molecule has 0 aromatic heterocycles. The van der Waals surface area contributed by atoms with Gasteiger partial charge in [0.2, 0.25) is 0 Å². The summed E-state index contributed by atoms with van der Waals surface area (Å²) in [4.78, 5) is 0. The monoisotopic (exact) mass is 217 g/mol. The van der Waals surface area contributed by atoms with Crippen molar-refractivity contribution in [2.75, 3.05) is 20.3 Å². The topological polar surface area (TPSA) is 53.7 Å². The maximum Gasteiger partial charge on any atom is 0.0988 e. The third-order valence-electron chi connectivity index (χ3n) is 2.62. The summed E-state index contributed by atoms with van der Waals surface area (Å²) in [7, 11) is 1.68. The molecule has 0 aliphatic heterocycles. The summed E-state index contributed by atoms with van der Waals surface area (Å²) in [6.45, 7) is 5.47. The van der Waals surface area contributed by atoms with E-state index in [2.05, 4.69) is 6.92 Å². The molecule has 4 heteroatoms. The van der Waals surface area contributed by atoms with Crippen LogP contribution in [0.4, 0.5) is 0 Å². The number of rotatable bonds is 7. The summed E-state index contributed by atoms with van der Waals surface area (Å²) in [6, 6.07) is 0.135. The molecule has 15 heavy (non-hydrogen) atoms. The van der Waals surface area contributed by atoms with Crippen molar-refractivity contribution in [1.29, 1.82) is 0 Å². The molecule has 2 N–H and O–H groups in total. The smallest absolute Gasteiger partial charge is 0.0988 e. The van der Waals surface area contributed by atoms with Crippen LogP contribution in [-0.2, 0) is 14.2 Å². The molecule has 1 rings (SSSR count). The molecule has 1 fully saturated rings. The lowest BCUT2D eigenvalue weighted by Crippen LogP contribution is -2.59. The van der Waals surface area contributed by atoms with E-state index in [1.807, 2.05) is 6.92 Å². The van der Waals surface area contributed by atoms with Gasteiger partial charge in [0.25, 0.3) is 0 Å². The average Bonchev–Trinajstić information content (AvgIpc) is 2.18. The fourth-order valence-electron chi connectivity index (χ4n) is 1.81. The number of hydrogen-bond donors (Lipinski definition) is 1. The van der Waals surface area contributed by atoms with Gasteiger partial charge < -0.3 is 19.9 Å². The van der Waals surface area contributed by atoms with Crippen molar-refractivity contribution in [3.63, 3.8) is 0 Å². The van der Waals surface area contributed by atoms with E-state index in [9.17, 15) is 0 Å². The van der Waals surface area contributed by atoms with Gasteiger partial charge in [-0.1, -0.05) is 6.92 Å². The van der Waals surface area contributed by atoms with Crippen LogP contribution in [0.25, 0.3) is 0 Å². The number of nitrogens with two attached hydrogens (primary N) is 1. The van der Waals surface area contributed by atoms with Crippen molar-refractivity contribution in [3.8, 4) is 0 Å². The molecule has 0 radical (unpaired) electrons. The molecule has 0 amide bonds. The minimum atomic E-state index is 0.0734. The molecule has 0 aromatic rings. The molecule has 1 aliphatic carbocycles. The van der Waals surface area contributed by atoms with Crippen molar-refractivity contribution in [1.82, 2.24) is 0 Å². The van der Waals surface area contributed by atoms with Crippen LogP contribution in [-0.4, -0.2) is 44.7 Å². The quantitative estimate of drug-likeness (QED) is 0.689. The zero-order valence-electron chi connectivity index (χ0n) is 9.94. The fourth-order valence-corrected chi connectivity index (χ4v) is 1.81. The van der Waals surface area contributed by atoms with Crippen LogP contribution in [0.2, 0.25) is 0 Å². The summed E-state index contributed by atoms with van der Waals surface area (Å²) < 4.78 is 16.4. The van der Waals surface area contributed by atoms with Gasteiger partial charge >= 0.3 is 0 Å². The zero-order chi connectivity index (χ0) is 11.3. The molecule has 4 unspecified atom stereocenters. The van der Waals surface area contributed by atoms with E-state index in [0.29, 0.717) is 6.61 Å². The van der Waals surface area contributed by atoms with Gasteiger partial charge in [-0.3, -0.25) is 0 Å². The number of hydrogen-bond acceptors (Lipinski definition) is 4. The third-order valence-corrected chi connectivity index (χ3v) is 2.62. The van der Waals surface area contributed by atoms with Crippen LogP contribution in [0.3, 0.4) is 0 Å². The van der Waals surface area contributed by atoms with E-state index < -0.39 is 0 Å². The van der Waals surface area contributed by atoms with Crippen molar-refractivity contribution in [2.24, 2.45) is 5.73 Å². The zero-order valence-corrected chi connectivity index (χ0v) is 9.94. The molecular formula is C11H23NO3. The van der Waals surface area contributed by atoms with E-state index in [4.69, 9.17) is 19.9 Å². The highest BCUT2D eigenvalue weighted by Gasteiger charge is 2.41. The lowest BCUT2D eigenvalue weighted by Gasteiger charge is -2.42. The highest BCUT2D eigenvalue weighted by atomic mass is 16.6. The molecule has 0 saturated heterocycles. The lowest BCUT2D eigenvalue weighted by molar-refractivity contribution is -0.165. The van der Waals surface area contributed by atoms with Gasteiger partial charge in [0.05, 0.1) is 24.9 Å². The molecule has 4 atom stereocenters. The van der Waals surface area contributed by atoms with Gasteiger partial charge in [-0.15, -0.1) is 0 Å². The largest absolute Gasteiger partial charge is 0.382 e. The van der Waals surface area contributed by atoms with Gasteiger partial charge in [-0.25, -0.2) is 0 Å². The molecule has 4 nitrogen and oxygen atoms in total. The Bertz CT molecular complexity index is 177. The summed E-state index contributed by atoms with van der Waals surface area (Å²) in [5, 5.41) is 0. The van der Waals surface area contributed by atoms with Crippen LogP contribution in [0.5, 0.6) is 0 Å². The Balaban J connectivity index is 2.23. The summed E-state index contributed by atoms with van der Waals surface area (Å²) in [5.41, 5.74) is 5.87. The maximum absolute atomic E-state index is 5.87. The highest BCUT2D eigenvalue weighted by molar-refractivity contribution is 4.95. The molecule has 1 saturated carbocycles. The van der Waals surface area contributed by atoms with Crippen LogP contribution >= 0.6 is 0 Å². The average molecular weight is 217 g/mol. The first-order valence-corrected chi connectivity index (χ1v) is 5.70. The van der Waals surface area contributed by atoms with E-state index in [1.54, 1.807) is 7.11 Å². The standard InChI is InChI=1S/C11H23NO3/c1-4-5-14-11-9(12)6-10(11)15-8(2)7-13-3/h8-11H,4-7,12H2,1-3H3. The van der Waals surface area contributed by atoms with Gasteiger partial charge in [0.1, 0.15) is 0 Å².